The van der Waals surface area contributed by atoms with Gasteiger partial charge in [0.25, 0.3) is 5.69 Å². The molecule has 2 aromatic carbocycles. The Hall–Kier alpha value is -1.63. The summed E-state index contributed by atoms with van der Waals surface area (Å²) in [6.07, 6.45) is 0. The third kappa shape index (κ3) is 3.27. The predicted octanol–water partition coefficient (Wildman–Crippen LogP) is 4.26. The molecule has 7 heteroatoms. The average Bonchev–Trinajstić information content (AvgIpc) is 2.38. The number of benzene rings is 2. The molecule has 0 bridgehead atoms. The summed E-state index contributed by atoms with van der Waals surface area (Å²) >= 11 is 9.19. The van der Waals surface area contributed by atoms with E-state index in [2.05, 4.69) is 15.9 Å². The molecule has 0 heterocycles. The number of nitrogens with zero attached hydrogens (tertiary/aromatic N) is 1. The first-order chi connectivity index (χ1) is 9.51. The average molecular weight is 358 g/mol. The van der Waals surface area contributed by atoms with E-state index in [0.717, 1.165) is 10.0 Å². The van der Waals surface area contributed by atoms with Gasteiger partial charge in [0, 0.05) is 28.7 Å². The van der Waals surface area contributed by atoms with Crippen molar-refractivity contribution >= 4 is 33.2 Å². The maximum absolute atomic E-state index is 10.7. The SMILES string of the molecule is NCc1ccc(Br)cc1Oc1ccc([N+](=O)[O-])c(Cl)c1. The Morgan fingerprint density at radius 2 is 2.05 bits per heavy atom. The van der Waals surface area contributed by atoms with Crippen molar-refractivity contribution in [2.45, 2.75) is 6.54 Å². The van der Waals surface area contributed by atoms with Gasteiger partial charge in [-0.2, -0.15) is 0 Å². The molecule has 0 unspecified atom stereocenters. The fourth-order valence-corrected chi connectivity index (χ4v) is 2.20. The number of halogens is 2. The topological polar surface area (TPSA) is 78.4 Å². The minimum absolute atomic E-state index is 0.0248. The summed E-state index contributed by atoms with van der Waals surface area (Å²) in [5.74, 6) is 0.986. The Labute approximate surface area is 128 Å². The monoisotopic (exact) mass is 356 g/mol. The fourth-order valence-electron chi connectivity index (χ4n) is 1.62. The van der Waals surface area contributed by atoms with Crippen molar-refractivity contribution in [3.8, 4) is 11.5 Å². The second-order valence-corrected chi connectivity index (χ2v) is 5.25. The van der Waals surface area contributed by atoms with Crippen molar-refractivity contribution in [3.63, 3.8) is 0 Å². The van der Waals surface area contributed by atoms with E-state index < -0.39 is 4.92 Å². The summed E-state index contributed by atoms with van der Waals surface area (Å²) < 4.78 is 6.52. The summed E-state index contributed by atoms with van der Waals surface area (Å²) in [6, 6.07) is 9.67. The molecule has 0 atom stereocenters. The Kier molecular flexibility index (Phi) is 4.59. The fraction of sp³-hybridized carbons (Fsp3) is 0.0769. The predicted molar refractivity (Wildman–Crippen MR) is 80.2 cm³/mol. The molecule has 0 aromatic heterocycles. The molecule has 0 aliphatic rings. The summed E-state index contributed by atoms with van der Waals surface area (Å²) in [7, 11) is 0. The van der Waals surface area contributed by atoms with Crippen molar-refractivity contribution in [1.82, 2.24) is 0 Å². The highest BCUT2D eigenvalue weighted by Gasteiger charge is 2.13. The van der Waals surface area contributed by atoms with Crippen LogP contribution in [0, 0.1) is 10.1 Å². The molecule has 20 heavy (non-hydrogen) atoms. The van der Waals surface area contributed by atoms with E-state index in [9.17, 15) is 10.1 Å². The van der Waals surface area contributed by atoms with Gasteiger partial charge < -0.3 is 10.5 Å². The van der Waals surface area contributed by atoms with Crippen LogP contribution in [-0.4, -0.2) is 4.92 Å². The molecule has 0 radical (unpaired) electrons. The third-order valence-corrected chi connectivity index (χ3v) is 3.39. The standard InChI is InChI=1S/C13H10BrClN2O3/c14-9-2-1-8(7-16)13(5-9)20-10-3-4-12(17(18)19)11(15)6-10/h1-6H,7,16H2. The van der Waals surface area contributed by atoms with Crippen LogP contribution in [0.5, 0.6) is 11.5 Å². The maximum atomic E-state index is 10.7. The van der Waals surface area contributed by atoms with Gasteiger partial charge in [0.2, 0.25) is 0 Å². The van der Waals surface area contributed by atoms with Gasteiger partial charge in [-0.15, -0.1) is 0 Å². The van der Waals surface area contributed by atoms with E-state index in [1.165, 1.54) is 18.2 Å². The second kappa shape index (κ2) is 6.21. The van der Waals surface area contributed by atoms with Crippen LogP contribution in [0.25, 0.3) is 0 Å². The van der Waals surface area contributed by atoms with Crippen LogP contribution in [0.4, 0.5) is 5.69 Å². The Morgan fingerprint density at radius 1 is 1.30 bits per heavy atom. The Morgan fingerprint density at radius 3 is 2.65 bits per heavy atom. The van der Waals surface area contributed by atoms with Crippen LogP contribution in [0.3, 0.4) is 0 Å². The molecule has 5 nitrogen and oxygen atoms in total. The molecular weight excluding hydrogens is 348 g/mol. The van der Waals surface area contributed by atoms with Crippen molar-refractivity contribution in [3.05, 3.63) is 61.6 Å². The number of hydrogen-bond acceptors (Lipinski definition) is 4. The van der Waals surface area contributed by atoms with Gasteiger partial charge in [-0.25, -0.2) is 0 Å². The first-order valence-electron chi connectivity index (χ1n) is 5.61. The molecule has 0 fully saturated rings. The van der Waals surface area contributed by atoms with Gasteiger partial charge in [0.15, 0.2) is 0 Å². The molecule has 0 aliphatic heterocycles. The minimum atomic E-state index is -0.545. The zero-order chi connectivity index (χ0) is 14.7. The van der Waals surface area contributed by atoms with Gasteiger partial charge in [-0.1, -0.05) is 33.6 Å². The highest BCUT2D eigenvalue weighted by atomic mass is 79.9. The number of ether oxygens (including phenoxy) is 1. The molecule has 2 rings (SSSR count). The first-order valence-corrected chi connectivity index (χ1v) is 6.78. The number of nitro groups is 1. The quantitative estimate of drug-likeness (QED) is 0.655. The van der Waals surface area contributed by atoms with Crippen molar-refractivity contribution in [1.29, 1.82) is 0 Å². The highest BCUT2D eigenvalue weighted by molar-refractivity contribution is 9.10. The molecule has 0 saturated heterocycles. The van der Waals surface area contributed by atoms with E-state index in [4.69, 9.17) is 22.1 Å². The van der Waals surface area contributed by atoms with Crippen LogP contribution < -0.4 is 10.5 Å². The van der Waals surface area contributed by atoms with Crippen LogP contribution >= 0.6 is 27.5 Å². The smallest absolute Gasteiger partial charge is 0.288 e. The van der Waals surface area contributed by atoms with Crippen molar-refractivity contribution in [2.75, 3.05) is 0 Å². The van der Waals surface area contributed by atoms with E-state index in [1.54, 1.807) is 6.07 Å². The van der Waals surface area contributed by atoms with Crippen LogP contribution in [0.15, 0.2) is 40.9 Å². The lowest BCUT2D eigenvalue weighted by atomic mass is 10.2. The maximum Gasteiger partial charge on any atom is 0.288 e. The second-order valence-electron chi connectivity index (χ2n) is 3.93. The molecule has 0 amide bonds. The number of rotatable bonds is 4. The largest absolute Gasteiger partial charge is 0.457 e. The Bertz CT molecular complexity index is 664. The first kappa shape index (κ1) is 14.8. The van der Waals surface area contributed by atoms with Crippen LogP contribution in [0.2, 0.25) is 5.02 Å². The molecule has 0 saturated carbocycles. The van der Waals surface area contributed by atoms with Gasteiger partial charge in [-0.3, -0.25) is 10.1 Å². The third-order valence-electron chi connectivity index (χ3n) is 2.59. The van der Waals surface area contributed by atoms with E-state index in [-0.39, 0.29) is 10.7 Å². The van der Waals surface area contributed by atoms with Gasteiger partial charge in [0.1, 0.15) is 16.5 Å². The van der Waals surface area contributed by atoms with E-state index in [0.29, 0.717) is 18.0 Å². The number of nitrogens with two attached hydrogens (primary N) is 1. The Balaban J connectivity index is 2.33. The zero-order valence-corrected chi connectivity index (χ0v) is 12.5. The van der Waals surface area contributed by atoms with E-state index >= 15 is 0 Å². The van der Waals surface area contributed by atoms with Gasteiger partial charge in [-0.05, 0) is 18.2 Å². The summed E-state index contributed by atoms with van der Waals surface area (Å²) in [5.41, 5.74) is 6.30. The lowest BCUT2D eigenvalue weighted by Crippen LogP contribution is -1.99. The lowest BCUT2D eigenvalue weighted by molar-refractivity contribution is -0.384. The molecular formula is C13H10BrClN2O3. The summed E-state index contributed by atoms with van der Waals surface area (Å²) in [5, 5.41) is 10.7. The molecule has 0 spiro atoms. The molecule has 2 aromatic rings. The molecule has 0 aliphatic carbocycles. The molecule has 104 valence electrons. The van der Waals surface area contributed by atoms with Gasteiger partial charge in [0.05, 0.1) is 4.92 Å². The van der Waals surface area contributed by atoms with Crippen molar-refractivity contribution in [2.24, 2.45) is 5.73 Å². The van der Waals surface area contributed by atoms with Gasteiger partial charge >= 0.3 is 0 Å². The summed E-state index contributed by atoms with van der Waals surface area (Å²) in [4.78, 5) is 10.1. The number of nitro benzene ring substituents is 1. The van der Waals surface area contributed by atoms with Crippen LogP contribution in [-0.2, 0) is 6.54 Å². The van der Waals surface area contributed by atoms with Crippen LogP contribution in [0.1, 0.15) is 5.56 Å². The number of hydrogen-bond donors (Lipinski definition) is 1. The van der Waals surface area contributed by atoms with Crippen molar-refractivity contribution < 1.29 is 9.66 Å². The highest BCUT2D eigenvalue weighted by Crippen LogP contribution is 2.33. The normalized spacial score (nSPS) is 10.3. The summed E-state index contributed by atoms with van der Waals surface area (Å²) in [6.45, 7) is 0.323. The zero-order valence-electron chi connectivity index (χ0n) is 10.2. The minimum Gasteiger partial charge on any atom is -0.457 e. The van der Waals surface area contributed by atoms with E-state index in [1.807, 2.05) is 12.1 Å². The lowest BCUT2D eigenvalue weighted by Gasteiger charge is -2.10. The molecule has 2 N–H and O–H groups in total.